The Bertz CT molecular complexity index is 903. The fraction of sp³-hybridized carbons (Fsp3) is 0.583. The zero-order valence-electron chi connectivity index (χ0n) is 19.8. The number of benzene rings is 1. The summed E-state index contributed by atoms with van der Waals surface area (Å²) in [4.78, 5) is 15.6. The number of hydrogen-bond donors (Lipinski definition) is 1. The summed E-state index contributed by atoms with van der Waals surface area (Å²) in [5.74, 6) is 0.608. The lowest BCUT2D eigenvalue weighted by molar-refractivity contribution is -0.271. The second kappa shape index (κ2) is 10.6. The van der Waals surface area contributed by atoms with Crippen molar-refractivity contribution in [2.75, 3.05) is 70.9 Å². The van der Waals surface area contributed by atoms with E-state index in [0.717, 1.165) is 57.9 Å². The third-order valence-corrected chi connectivity index (χ3v) is 7.10. The van der Waals surface area contributed by atoms with E-state index in [0.29, 0.717) is 18.9 Å². The molecule has 9 nitrogen and oxygen atoms in total. The Balaban J connectivity index is 1.30. The number of piperazine rings is 2. The zero-order valence-corrected chi connectivity index (χ0v) is 19.8. The summed E-state index contributed by atoms with van der Waals surface area (Å²) in [5, 5.41) is 4.01. The number of alkyl halides is 1. The van der Waals surface area contributed by atoms with Crippen LogP contribution in [-0.2, 0) is 11.3 Å². The summed E-state index contributed by atoms with van der Waals surface area (Å²) in [6.45, 7) is 7.48. The molecule has 34 heavy (non-hydrogen) atoms. The average molecular weight is 471 g/mol. The van der Waals surface area contributed by atoms with Gasteiger partial charge in [-0.1, -0.05) is 12.1 Å². The van der Waals surface area contributed by atoms with Crippen LogP contribution in [0.15, 0.2) is 42.7 Å². The number of halogens is 1. The molecule has 10 heteroatoms. The Hall–Kier alpha value is -2.21. The molecule has 3 aliphatic rings. The van der Waals surface area contributed by atoms with E-state index in [1.54, 1.807) is 18.5 Å². The monoisotopic (exact) mass is 470 g/mol. The number of anilines is 1. The van der Waals surface area contributed by atoms with Gasteiger partial charge in [-0.25, -0.2) is 24.4 Å². The molecule has 2 N–H and O–H groups in total. The molecule has 1 aromatic heterocycles. The largest absolute Gasteiger partial charge is 0.369 e. The third-order valence-electron chi connectivity index (χ3n) is 7.10. The van der Waals surface area contributed by atoms with E-state index in [-0.39, 0.29) is 6.10 Å². The van der Waals surface area contributed by atoms with Crippen LogP contribution in [-0.4, -0.2) is 108 Å². The highest BCUT2D eigenvalue weighted by molar-refractivity contribution is 5.48. The summed E-state index contributed by atoms with van der Waals surface area (Å²) in [6, 6.07) is 10.2. The first kappa shape index (κ1) is 23.5. The van der Waals surface area contributed by atoms with Crippen molar-refractivity contribution in [1.29, 1.82) is 0 Å². The molecule has 5 rings (SSSR count). The van der Waals surface area contributed by atoms with Gasteiger partial charge in [0.1, 0.15) is 6.10 Å². The van der Waals surface area contributed by atoms with Crippen LogP contribution >= 0.6 is 0 Å². The molecule has 0 saturated carbocycles. The first-order chi connectivity index (χ1) is 16.6. The van der Waals surface area contributed by atoms with Gasteiger partial charge < -0.3 is 20.3 Å². The van der Waals surface area contributed by atoms with Crippen molar-refractivity contribution in [2.24, 2.45) is 5.73 Å². The topological polar surface area (TPSA) is 77.2 Å². The summed E-state index contributed by atoms with van der Waals surface area (Å²) in [5.41, 5.74) is 8.04. The maximum Gasteiger partial charge on any atom is 0.206 e. The van der Waals surface area contributed by atoms with Gasteiger partial charge in [0.15, 0.2) is 12.1 Å². The van der Waals surface area contributed by atoms with Gasteiger partial charge in [-0.15, -0.1) is 0 Å². The molecule has 4 heterocycles. The van der Waals surface area contributed by atoms with Gasteiger partial charge in [0.05, 0.1) is 6.54 Å². The molecular weight excluding hydrogens is 435 g/mol. The fourth-order valence-electron chi connectivity index (χ4n) is 4.98. The zero-order chi connectivity index (χ0) is 23.5. The van der Waals surface area contributed by atoms with Gasteiger partial charge >= 0.3 is 0 Å². The Morgan fingerprint density at radius 1 is 0.971 bits per heavy atom. The maximum absolute atomic E-state index is 16.0. The number of rotatable bonds is 5. The van der Waals surface area contributed by atoms with Crippen LogP contribution in [0.3, 0.4) is 0 Å². The van der Waals surface area contributed by atoms with Gasteiger partial charge in [0, 0.05) is 77.0 Å². The van der Waals surface area contributed by atoms with E-state index in [9.17, 15) is 0 Å². The van der Waals surface area contributed by atoms with Gasteiger partial charge in [-0.05, 0) is 30.8 Å². The molecule has 0 radical (unpaired) electrons. The molecule has 2 aromatic rings. The van der Waals surface area contributed by atoms with Gasteiger partial charge in [-0.2, -0.15) is 0 Å². The van der Waals surface area contributed by atoms with E-state index in [4.69, 9.17) is 10.5 Å². The number of likely N-dealkylation sites (N-methyl/N-ethyl adjacent to an activating group) is 1. The number of morpholine rings is 1. The molecule has 1 aromatic carbocycles. The molecule has 3 atom stereocenters. The Labute approximate surface area is 200 Å². The van der Waals surface area contributed by atoms with E-state index >= 15 is 4.39 Å². The van der Waals surface area contributed by atoms with Crippen LogP contribution in [0.25, 0.3) is 0 Å². The first-order valence-electron chi connectivity index (χ1n) is 12.2. The number of nitrogens with zero attached hydrogens (tertiary/aromatic N) is 7. The fourth-order valence-corrected chi connectivity index (χ4v) is 4.98. The van der Waals surface area contributed by atoms with E-state index in [2.05, 4.69) is 61.0 Å². The number of hydrazine groups is 1. The van der Waals surface area contributed by atoms with Gasteiger partial charge in [0.2, 0.25) is 6.30 Å². The normalized spacial score (nSPS) is 28.3. The lowest BCUT2D eigenvalue weighted by Gasteiger charge is -2.51. The van der Waals surface area contributed by atoms with Crippen molar-refractivity contribution in [3.63, 3.8) is 0 Å². The van der Waals surface area contributed by atoms with Crippen molar-refractivity contribution in [3.05, 3.63) is 54.1 Å². The molecule has 3 aliphatic heterocycles. The number of nitrogens with two attached hydrogens (primary N) is 1. The molecule has 0 bridgehead atoms. The molecule has 0 aliphatic carbocycles. The third kappa shape index (κ3) is 5.07. The Kier molecular flexibility index (Phi) is 7.33. The summed E-state index contributed by atoms with van der Waals surface area (Å²) in [7, 11) is 2.10. The van der Waals surface area contributed by atoms with Crippen LogP contribution in [0, 0.1) is 0 Å². The molecule has 184 valence electrons. The average Bonchev–Trinajstić information content (AvgIpc) is 2.90. The first-order valence-corrected chi connectivity index (χ1v) is 12.2. The lowest BCUT2D eigenvalue weighted by atomic mass is 10.2. The highest BCUT2D eigenvalue weighted by Crippen LogP contribution is 2.32. The quantitative estimate of drug-likeness (QED) is 0.642. The maximum atomic E-state index is 16.0. The molecule has 3 fully saturated rings. The van der Waals surface area contributed by atoms with E-state index in [1.165, 1.54) is 5.69 Å². The number of aromatic nitrogens is 2. The Morgan fingerprint density at radius 3 is 2.29 bits per heavy atom. The molecule has 0 amide bonds. The number of hydrogen-bond acceptors (Lipinski definition) is 9. The van der Waals surface area contributed by atoms with Crippen molar-refractivity contribution < 1.29 is 9.13 Å². The van der Waals surface area contributed by atoms with Crippen LogP contribution in [0.5, 0.6) is 0 Å². The second-order valence-electron chi connectivity index (χ2n) is 9.27. The number of ether oxygens (including phenoxy) is 1. The predicted octanol–water partition coefficient (Wildman–Crippen LogP) is 0.915. The smallest absolute Gasteiger partial charge is 0.206 e. The summed E-state index contributed by atoms with van der Waals surface area (Å²) < 4.78 is 22.3. The van der Waals surface area contributed by atoms with Gasteiger partial charge in [-0.3, -0.25) is 4.90 Å². The van der Waals surface area contributed by atoms with E-state index in [1.807, 2.05) is 5.01 Å². The molecule has 3 saturated heterocycles. The van der Waals surface area contributed by atoms with E-state index < -0.39 is 12.5 Å². The van der Waals surface area contributed by atoms with Crippen molar-refractivity contribution in [3.8, 4) is 0 Å². The lowest BCUT2D eigenvalue weighted by Crippen LogP contribution is -2.66. The van der Waals surface area contributed by atoms with Crippen LogP contribution < -0.4 is 10.6 Å². The van der Waals surface area contributed by atoms with Crippen LogP contribution in [0.1, 0.15) is 17.5 Å². The Morgan fingerprint density at radius 2 is 1.65 bits per heavy atom. The minimum atomic E-state index is -1.24. The van der Waals surface area contributed by atoms with Crippen molar-refractivity contribution in [1.82, 2.24) is 29.8 Å². The van der Waals surface area contributed by atoms with Gasteiger partial charge in [0.25, 0.3) is 0 Å². The summed E-state index contributed by atoms with van der Waals surface area (Å²) >= 11 is 0. The summed E-state index contributed by atoms with van der Waals surface area (Å²) in [6.07, 6.45) is 1.19. The minimum Gasteiger partial charge on any atom is -0.369 e. The molecule has 0 spiro atoms. The van der Waals surface area contributed by atoms with Crippen LogP contribution in [0.4, 0.5) is 10.1 Å². The predicted molar refractivity (Wildman–Crippen MR) is 128 cm³/mol. The SMILES string of the molecule is CN1CCN(C2OC(c3ncccn3)CN(N3CCN(c4ccc(CN)cc4)CC3)C2F)CC1. The highest BCUT2D eigenvalue weighted by Gasteiger charge is 2.45. The molecule has 3 unspecified atom stereocenters. The standard InChI is InChI=1S/C24H35FN8O/c1-29-9-11-31(12-10-29)24-22(25)33(18-21(34-24)23-27-7-2-8-28-23)32-15-13-30(14-16-32)20-5-3-19(17-26)4-6-20/h2-8,21-22,24H,9-18,26H2,1H3. The second-order valence-corrected chi connectivity index (χ2v) is 9.27. The highest BCUT2D eigenvalue weighted by atomic mass is 19.1. The molecular formula is C24H35FN8O. The minimum absolute atomic E-state index is 0.375. The van der Waals surface area contributed by atoms with Crippen LogP contribution in [0.2, 0.25) is 0 Å². The van der Waals surface area contributed by atoms with Crippen molar-refractivity contribution >= 4 is 5.69 Å². The van der Waals surface area contributed by atoms with Crippen molar-refractivity contribution in [2.45, 2.75) is 25.2 Å².